The number of nitrogens with one attached hydrogen (secondary N) is 1. The second-order valence-corrected chi connectivity index (χ2v) is 5.41. The van der Waals surface area contributed by atoms with E-state index >= 15 is 0 Å². The first kappa shape index (κ1) is 15.9. The zero-order valence-electron chi connectivity index (χ0n) is 12.0. The van der Waals surface area contributed by atoms with Gasteiger partial charge in [-0.05, 0) is 27.7 Å². The summed E-state index contributed by atoms with van der Waals surface area (Å²) in [6.07, 6.45) is 0. The Balaban J connectivity index is 2.85. The van der Waals surface area contributed by atoms with Gasteiger partial charge in [0.1, 0.15) is 18.6 Å². The lowest BCUT2D eigenvalue weighted by Gasteiger charge is -2.31. The van der Waals surface area contributed by atoms with Crippen molar-refractivity contribution in [2.24, 2.45) is 0 Å². The van der Waals surface area contributed by atoms with Crippen molar-refractivity contribution in [1.29, 1.82) is 0 Å². The molecule has 0 spiro atoms. The molecule has 4 amide bonds. The quantitative estimate of drug-likeness (QED) is 0.671. The van der Waals surface area contributed by atoms with Gasteiger partial charge in [0.05, 0.1) is 0 Å². The molecule has 0 aromatic rings. The standard InChI is InChI=1S/C12H19N3O5/c1-7(2)14(6-9(17)18)8(16)5-15-11(20)13-10(19)12(15,3)4/h7H,5-6H2,1-4H3,(H,17,18)(H,13,19,20). The van der Waals surface area contributed by atoms with Gasteiger partial charge in [0.15, 0.2) is 0 Å². The van der Waals surface area contributed by atoms with Crippen LogP contribution in [-0.4, -0.2) is 63.4 Å². The van der Waals surface area contributed by atoms with Crippen LogP contribution >= 0.6 is 0 Å². The molecule has 0 unspecified atom stereocenters. The smallest absolute Gasteiger partial charge is 0.325 e. The molecule has 1 aliphatic heterocycles. The lowest BCUT2D eigenvalue weighted by molar-refractivity contribution is -0.146. The highest BCUT2D eigenvalue weighted by atomic mass is 16.4. The van der Waals surface area contributed by atoms with Gasteiger partial charge >= 0.3 is 12.0 Å². The van der Waals surface area contributed by atoms with Crippen LogP contribution in [0.25, 0.3) is 0 Å². The number of urea groups is 1. The Morgan fingerprint density at radius 2 is 1.90 bits per heavy atom. The zero-order chi connectivity index (χ0) is 15.7. The minimum absolute atomic E-state index is 0.317. The topological polar surface area (TPSA) is 107 Å². The normalized spacial score (nSPS) is 17.4. The Morgan fingerprint density at radius 3 is 2.25 bits per heavy atom. The lowest BCUT2D eigenvalue weighted by atomic mass is 10.0. The Morgan fingerprint density at radius 1 is 1.35 bits per heavy atom. The van der Waals surface area contributed by atoms with E-state index in [9.17, 15) is 19.2 Å². The highest BCUT2D eigenvalue weighted by molar-refractivity contribution is 6.07. The van der Waals surface area contributed by atoms with E-state index < -0.39 is 35.9 Å². The van der Waals surface area contributed by atoms with Gasteiger partial charge in [-0.15, -0.1) is 0 Å². The number of carboxylic acid groups (broad SMARTS) is 1. The molecule has 0 aromatic heterocycles. The molecule has 0 bridgehead atoms. The van der Waals surface area contributed by atoms with E-state index in [0.29, 0.717) is 0 Å². The highest BCUT2D eigenvalue weighted by Gasteiger charge is 2.46. The molecule has 112 valence electrons. The van der Waals surface area contributed by atoms with Gasteiger partial charge in [-0.25, -0.2) is 4.79 Å². The summed E-state index contributed by atoms with van der Waals surface area (Å²) in [5.74, 6) is -2.13. The third-order valence-electron chi connectivity index (χ3n) is 3.24. The van der Waals surface area contributed by atoms with E-state index in [2.05, 4.69) is 5.32 Å². The molecule has 8 heteroatoms. The number of amides is 4. The molecule has 0 aliphatic carbocycles. The number of carboxylic acids is 1. The molecule has 8 nitrogen and oxygen atoms in total. The molecular weight excluding hydrogens is 266 g/mol. The van der Waals surface area contributed by atoms with Crippen molar-refractivity contribution >= 4 is 23.8 Å². The summed E-state index contributed by atoms with van der Waals surface area (Å²) in [6, 6.07) is -0.963. The number of hydrogen-bond donors (Lipinski definition) is 2. The first-order valence-corrected chi connectivity index (χ1v) is 6.21. The van der Waals surface area contributed by atoms with Crippen molar-refractivity contribution < 1.29 is 24.3 Å². The first-order chi connectivity index (χ1) is 9.07. The van der Waals surface area contributed by atoms with Crippen LogP contribution in [0.4, 0.5) is 4.79 Å². The molecule has 1 aliphatic rings. The van der Waals surface area contributed by atoms with Crippen LogP contribution in [0.2, 0.25) is 0 Å². The SMILES string of the molecule is CC(C)N(CC(=O)O)C(=O)CN1C(=O)NC(=O)C1(C)C. The monoisotopic (exact) mass is 285 g/mol. The third kappa shape index (κ3) is 3.06. The fourth-order valence-corrected chi connectivity index (χ4v) is 1.89. The molecule has 0 aromatic carbocycles. The largest absolute Gasteiger partial charge is 0.480 e. The first-order valence-electron chi connectivity index (χ1n) is 6.21. The van der Waals surface area contributed by atoms with E-state index in [-0.39, 0.29) is 12.6 Å². The van der Waals surface area contributed by atoms with Crippen molar-refractivity contribution in [3.63, 3.8) is 0 Å². The van der Waals surface area contributed by atoms with Crippen molar-refractivity contribution in [3.8, 4) is 0 Å². The van der Waals surface area contributed by atoms with E-state index in [1.807, 2.05) is 0 Å². The van der Waals surface area contributed by atoms with Crippen molar-refractivity contribution in [1.82, 2.24) is 15.1 Å². The van der Waals surface area contributed by atoms with Gasteiger partial charge in [-0.2, -0.15) is 0 Å². The zero-order valence-corrected chi connectivity index (χ0v) is 12.0. The van der Waals surface area contributed by atoms with Gasteiger partial charge in [0.2, 0.25) is 5.91 Å². The highest BCUT2D eigenvalue weighted by Crippen LogP contribution is 2.20. The number of rotatable bonds is 5. The Bertz CT molecular complexity index is 458. The van der Waals surface area contributed by atoms with Crippen molar-refractivity contribution in [3.05, 3.63) is 0 Å². The fourth-order valence-electron chi connectivity index (χ4n) is 1.89. The second-order valence-electron chi connectivity index (χ2n) is 5.41. The summed E-state index contributed by atoms with van der Waals surface area (Å²) in [5.41, 5.74) is -1.13. The number of carbonyl (C=O) groups is 4. The molecule has 20 heavy (non-hydrogen) atoms. The van der Waals surface area contributed by atoms with E-state index in [0.717, 1.165) is 9.80 Å². The van der Waals surface area contributed by atoms with Crippen molar-refractivity contribution in [2.45, 2.75) is 39.3 Å². The number of aliphatic carboxylic acids is 1. The number of carbonyl (C=O) groups excluding carboxylic acids is 3. The lowest BCUT2D eigenvalue weighted by Crippen LogP contribution is -2.51. The number of hydrogen-bond acceptors (Lipinski definition) is 4. The van der Waals surface area contributed by atoms with E-state index in [1.165, 1.54) is 13.8 Å². The predicted molar refractivity (Wildman–Crippen MR) is 68.8 cm³/mol. The molecule has 2 N–H and O–H groups in total. The van der Waals surface area contributed by atoms with Gasteiger partial charge in [0, 0.05) is 6.04 Å². The summed E-state index contributed by atoms with van der Waals surface area (Å²) >= 11 is 0. The van der Waals surface area contributed by atoms with Crippen LogP contribution in [-0.2, 0) is 14.4 Å². The summed E-state index contributed by atoms with van der Waals surface area (Å²) in [4.78, 5) is 48.4. The molecule has 1 heterocycles. The van der Waals surface area contributed by atoms with Gasteiger partial charge < -0.3 is 14.9 Å². The molecule has 0 saturated carbocycles. The van der Waals surface area contributed by atoms with E-state index in [1.54, 1.807) is 13.8 Å². The van der Waals surface area contributed by atoms with Gasteiger partial charge in [-0.3, -0.25) is 19.7 Å². The van der Waals surface area contributed by atoms with Gasteiger partial charge in [0.25, 0.3) is 5.91 Å². The maximum Gasteiger partial charge on any atom is 0.325 e. The minimum Gasteiger partial charge on any atom is -0.480 e. The van der Waals surface area contributed by atoms with Crippen LogP contribution < -0.4 is 5.32 Å². The molecule has 1 rings (SSSR count). The second kappa shape index (κ2) is 5.48. The van der Waals surface area contributed by atoms with Crippen LogP contribution in [0.5, 0.6) is 0 Å². The summed E-state index contributed by atoms with van der Waals surface area (Å²) in [6.45, 7) is 5.63. The number of imide groups is 1. The fraction of sp³-hybridized carbons (Fsp3) is 0.667. The molecular formula is C12H19N3O5. The van der Waals surface area contributed by atoms with Crippen LogP contribution in [0.1, 0.15) is 27.7 Å². The summed E-state index contributed by atoms with van der Waals surface area (Å²) < 4.78 is 0. The molecule has 1 fully saturated rings. The minimum atomic E-state index is -1.13. The van der Waals surface area contributed by atoms with Gasteiger partial charge in [-0.1, -0.05) is 0 Å². The Hall–Kier alpha value is -2.12. The maximum absolute atomic E-state index is 12.1. The van der Waals surface area contributed by atoms with Crippen molar-refractivity contribution in [2.75, 3.05) is 13.1 Å². The maximum atomic E-state index is 12.1. The Labute approximate surface area is 116 Å². The molecule has 0 atom stereocenters. The van der Waals surface area contributed by atoms with Crippen LogP contribution in [0, 0.1) is 0 Å². The molecule has 1 saturated heterocycles. The van der Waals surface area contributed by atoms with Crippen LogP contribution in [0.3, 0.4) is 0 Å². The third-order valence-corrected chi connectivity index (χ3v) is 3.24. The van der Waals surface area contributed by atoms with E-state index in [4.69, 9.17) is 5.11 Å². The predicted octanol–water partition coefficient (Wildman–Crippen LogP) is -0.362. The average molecular weight is 285 g/mol. The average Bonchev–Trinajstić information content (AvgIpc) is 2.48. The number of nitrogens with zero attached hydrogens (tertiary/aromatic N) is 2. The van der Waals surface area contributed by atoms with Crippen LogP contribution in [0.15, 0.2) is 0 Å². The summed E-state index contributed by atoms with van der Waals surface area (Å²) in [5, 5.41) is 10.9. The Kier molecular flexibility index (Phi) is 4.36. The molecule has 0 radical (unpaired) electrons. The summed E-state index contributed by atoms with van der Waals surface area (Å²) in [7, 11) is 0.